The summed E-state index contributed by atoms with van der Waals surface area (Å²) in [7, 11) is 0. The summed E-state index contributed by atoms with van der Waals surface area (Å²) in [5.41, 5.74) is 0.872. The summed E-state index contributed by atoms with van der Waals surface area (Å²) in [6, 6.07) is 2.09. The highest BCUT2D eigenvalue weighted by molar-refractivity contribution is 5.68. The van der Waals surface area contributed by atoms with Crippen molar-refractivity contribution in [2.24, 2.45) is 5.92 Å². The van der Waals surface area contributed by atoms with Crippen LogP contribution >= 0.6 is 0 Å². The van der Waals surface area contributed by atoms with Crippen LogP contribution in [0.25, 0.3) is 0 Å². The third-order valence-electron chi connectivity index (χ3n) is 8.95. The summed E-state index contributed by atoms with van der Waals surface area (Å²) in [5, 5.41) is 15.7. The molecule has 0 atom stereocenters. The smallest absolute Gasteiger partial charge is 0.409 e. The average molecular weight is 597 g/mol. The molecule has 1 amide bonds. The molecule has 2 aromatic heterocycles. The second-order valence-corrected chi connectivity index (χ2v) is 12.2. The Kier molecular flexibility index (Phi) is 12.1. The maximum Gasteiger partial charge on any atom is 0.409 e. The molecule has 2 saturated heterocycles. The molecule has 0 bridgehead atoms. The summed E-state index contributed by atoms with van der Waals surface area (Å²) in [6.07, 6.45) is 16.3. The van der Waals surface area contributed by atoms with Crippen LogP contribution < -0.4 is 20.4 Å². The number of hydrogen-bond donors (Lipinski definition) is 2. The predicted octanol–water partition coefficient (Wildman–Crippen LogP) is 4.29. The van der Waals surface area contributed by atoms with Crippen LogP contribution in [-0.4, -0.2) is 94.9 Å². The fraction of sp³-hybridized carbons (Fsp3) is 0.774. The van der Waals surface area contributed by atoms with Crippen LogP contribution in [-0.2, 0) is 17.8 Å². The predicted molar refractivity (Wildman–Crippen MR) is 170 cm³/mol. The zero-order valence-corrected chi connectivity index (χ0v) is 26.2. The monoisotopic (exact) mass is 596 g/mol. The number of rotatable bonds is 14. The maximum absolute atomic E-state index is 12.2. The fourth-order valence-corrected chi connectivity index (χ4v) is 6.46. The number of carbonyl (C=O) groups excluding carboxylic acids is 1. The second-order valence-electron chi connectivity index (χ2n) is 12.2. The fourth-order valence-electron chi connectivity index (χ4n) is 6.46. The van der Waals surface area contributed by atoms with E-state index in [0.717, 1.165) is 62.4 Å². The third-order valence-corrected chi connectivity index (χ3v) is 8.95. The maximum atomic E-state index is 12.2. The molecular formula is C31H52N10O2. The molecule has 12 heteroatoms. The highest BCUT2D eigenvalue weighted by Gasteiger charge is 2.24. The van der Waals surface area contributed by atoms with Crippen LogP contribution in [0, 0.1) is 5.92 Å². The summed E-state index contributed by atoms with van der Waals surface area (Å²) in [5.74, 6) is 3.40. The van der Waals surface area contributed by atoms with Crippen molar-refractivity contribution in [3.8, 4) is 0 Å². The number of piperazine rings is 1. The van der Waals surface area contributed by atoms with Crippen LogP contribution in [0.4, 0.5) is 22.4 Å². The van der Waals surface area contributed by atoms with Crippen molar-refractivity contribution in [1.82, 2.24) is 35.2 Å². The Morgan fingerprint density at radius 2 is 1.60 bits per heavy atom. The van der Waals surface area contributed by atoms with Gasteiger partial charge in [0, 0.05) is 51.9 Å². The molecule has 1 saturated carbocycles. The van der Waals surface area contributed by atoms with Gasteiger partial charge in [-0.3, -0.25) is 4.68 Å². The highest BCUT2D eigenvalue weighted by Crippen LogP contribution is 2.27. The first-order valence-corrected chi connectivity index (χ1v) is 16.8. The van der Waals surface area contributed by atoms with Crippen molar-refractivity contribution in [3.63, 3.8) is 0 Å². The van der Waals surface area contributed by atoms with Gasteiger partial charge in [-0.25, -0.2) is 4.79 Å². The number of piperidine rings is 1. The first-order chi connectivity index (χ1) is 21.2. The van der Waals surface area contributed by atoms with Gasteiger partial charge in [0.2, 0.25) is 5.95 Å². The van der Waals surface area contributed by atoms with Gasteiger partial charge in [0.25, 0.3) is 0 Å². The van der Waals surface area contributed by atoms with Crippen molar-refractivity contribution in [3.05, 3.63) is 18.0 Å². The lowest BCUT2D eigenvalue weighted by Gasteiger charge is -2.35. The molecule has 0 unspecified atom stereocenters. The number of ether oxygens (including phenoxy) is 1. The van der Waals surface area contributed by atoms with Crippen LogP contribution in [0.1, 0.15) is 83.2 Å². The summed E-state index contributed by atoms with van der Waals surface area (Å²) in [6.45, 7) is 10.4. The molecule has 3 fully saturated rings. The summed E-state index contributed by atoms with van der Waals surface area (Å²) >= 11 is 0. The Labute approximate surface area is 256 Å². The number of aryl methyl sites for hydroxylation is 1. The molecule has 12 nitrogen and oxygen atoms in total. The Bertz CT molecular complexity index is 1110. The Hall–Kier alpha value is -3.15. The van der Waals surface area contributed by atoms with Crippen molar-refractivity contribution in [1.29, 1.82) is 0 Å². The van der Waals surface area contributed by atoms with E-state index in [9.17, 15) is 4.79 Å². The second kappa shape index (κ2) is 16.6. The largest absolute Gasteiger partial charge is 0.450 e. The van der Waals surface area contributed by atoms with E-state index in [4.69, 9.17) is 14.7 Å². The normalized spacial score (nSPS) is 18.2. The number of amides is 1. The van der Waals surface area contributed by atoms with E-state index in [1.165, 1.54) is 64.2 Å². The van der Waals surface area contributed by atoms with Gasteiger partial charge in [-0.1, -0.05) is 37.3 Å². The number of anilines is 3. The van der Waals surface area contributed by atoms with E-state index in [1.54, 1.807) is 4.90 Å². The van der Waals surface area contributed by atoms with Gasteiger partial charge in [0.15, 0.2) is 0 Å². The van der Waals surface area contributed by atoms with Crippen molar-refractivity contribution >= 4 is 23.7 Å². The SMILES string of the molecule is CCOC(=O)N1CCN(c2cc(N3CCCCC3)nc(NCc3cn(CCCNCCCC4CCCCC4)nn3)n2)CC1. The minimum atomic E-state index is -0.240. The molecule has 0 spiro atoms. The minimum absolute atomic E-state index is 0.240. The molecule has 238 valence electrons. The first-order valence-electron chi connectivity index (χ1n) is 16.8. The molecule has 2 N–H and O–H groups in total. The summed E-state index contributed by atoms with van der Waals surface area (Å²) in [4.78, 5) is 28.3. The molecule has 0 aromatic carbocycles. The molecule has 1 aliphatic carbocycles. The number of aromatic nitrogens is 5. The van der Waals surface area contributed by atoms with Gasteiger partial charge < -0.3 is 30.1 Å². The molecule has 5 rings (SSSR count). The van der Waals surface area contributed by atoms with E-state index in [1.807, 2.05) is 17.8 Å². The zero-order chi connectivity index (χ0) is 29.7. The topological polar surface area (TPSA) is 117 Å². The third kappa shape index (κ3) is 9.67. The van der Waals surface area contributed by atoms with Crippen LogP contribution in [0.3, 0.4) is 0 Å². The van der Waals surface area contributed by atoms with Gasteiger partial charge in [0.05, 0.1) is 19.3 Å². The zero-order valence-electron chi connectivity index (χ0n) is 26.2. The van der Waals surface area contributed by atoms with Gasteiger partial charge >= 0.3 is 6.09 Å². The number of nitrogens with zero attached hydrogens (tertiary/aromatic N) is 8. The Morgan fingerprint density at radius 3 is 2.35 bits per heavy atom. The van der Waals surface area contributed by atoms with Gasteiger partial charge in [-0.2, -0.15) is 9.97 Å². The van der Waals surface area contributed by atoms with Gasteiger partial charge in [-0.15, -0.1) is 5.10 Å². The Morgan fingerprint density at radius 1 is 0.907 bits per heavy atom. The number of hydrogen-bond acceptors (Lipinski definition) is 10. The van der Waals surface area contributed by atoms with E-state index in [0.29, 0.717) is 45.3 Å². The molecule has 4 heterocycles. The van der Waals surface area contributed by atoms with Crippen molar-refractivity contribution in [2.75, 3.05) is 74.1 Å². The molecule has 43 heavy (non-hydrogen) atoms. The van der Waals surface area contributed by atoms with Crippen LogP contribution in [0.5, 0.6) is 0 Å². The minimum Gasteiger partial charge on any atom is -0.450 e. The summed E-state index contributed by atoms with van der Waals surface area (Å²) < 4.78 is 7.12. The van der Waals surface area contributed by atoms with Crippen molar-refractivity contribution < 1.29 is 9.53 Å². The quantitative estimate of drug-likeness (QED) is 0.306. The molecular weight excluding hydrogens is 544 g/mol. The molecule has 2 aliphatic heterocycles. The lowest BCUT2D eigenvalue weighted by Crippen LogP contribution is -2.49. The van der Waals surface area contributed by atoms with E-state index in [2.05, 4.69) is 36.8 Å². The number of carbonyl (C=O) groups is 1. The molecule has 2 aromatic rings. The highest BCUT2D eigenvalue weighted by atomic mass is 16.6. The number of nitrogens with one attached hydrogen (secondary N) is 2. The average Bonchev–Trinajstić information content (AvgIpc) is 3.52. The van der Waals surface area contributed by atoms with E-state index >= 15 is 0 Å². The van der Waals surface area contributed by atoms with Gasteiger partial charge in [0.1, 0.15) is 17.3 Å². The lowest BCUT2D eigenvalue weighted by molar-refractivity contribution is 0.105. The van der Waals surface area contributed by atoms with E-state index < -0.39 is 0 Å². The van der Waals surface area contributed by atoms with Crippen molar-refractivity contribution in [2.45, 2.75) is 90.6 Å². The first kappa shape index (κ1) is 31.3. The Balaban J connectivity index is 1.09. The van der Waals surface area contributed by atoms with Gasteiger partial charge in [-0.05, 0) is 64.5 Å². The molecule has 0 radical (unpaired) electrons. The van der Waals surface area contributed by atoms with Crippen LogP contribution in [0.15, 0.2) is 12.3 Å². The van der Waals surface area contributed by atoms with Crippen LogP contribution in [0.2, 0.25) is 0 Å². The van der Waals surface area contributed by atoms with E-state index in [-0.39, 0.29) is 6.09 Å². The molecule has 3 aliphatic rings. The standard InChI is InChI=1S/C31H52N10O2/c1-2-43-31(42)40-21-19-39(20-22-40)29-23-28(38-16-7-4-8-17-38)34-30(35-29)33-24-27-25-41(37-36-27)18-10-15-32-14-9-13-26-11-5-3-6-12-26/h23,25-26,32H,2-22,24H2,1H3,(H,33,34,35). The lowest BCUT2D eigenvalue weighted by atomic mass is 9.86.